The van der Waals surface area contributed by atoms with Crippen molar-refractivity contribution in [1.82, 2.24) is 24.6 Å². The molecule has 1 aliphatic heterocycles. The minimum absolute atomic E-state index is 0.184. The van der Waals surface area contributed by atoms with Crippen LogP contribution in [0.2, 0.25) is 5.02 Å². The molecule has 0 unspecified atom stereocenters. The number of amides is 1. The van der Waals surface area contributed by atoms with Crippen LogP contribution in [0.3, 0.4) is 0 Å². The van der Waals surface area contributed by atoms with Crippen LogP contribution in [-0.2, 0) is 12.7 Å². The lowest BCUT2D eigenvalue weighted by Crippen LogP contribution is -2.49. The lowest BCUT2D eigenvalue weighted by atomic mass is 10.2. The number of rotatable bonds is 3. The van der Waals surface area contributed by atoms with Crippen LogP contribution in [0.15, 0.2) is 18.6 Å². The minimum atomic E-state index is -4.52. The molecule has 1 amide bonds. The van der Waals surface area contributed by atoms with Gasteiger partial charge in [0.15, 0.2) is 5.69 Å². The molecule has 140 valence electrons. The number of aromatic nitrogens is 4. The van der Waals surface area contributed by atoms with Gasteiger partial charge in [0, 0.05) is 45.0 Å². The van der Waals surface area contributed by atoms with Crippen LogP contribution in [0.4, 0.5) is 19.0 Å². The minimum Gasteiger partial charge on any atom is -0.353 e. The van der Waals surface area contributed by atoms with Crippen LogP contribution in [0.5, 0.6) is 0 Å². The fourth-order valence-electron chi connectivity index (χ4n) is 2.67. The first-order valence-electron chi connectivity index (χ1n) is 7.96. The topological polar surface area (TPSA) is 67.2 Å². The molecular formula is C15H16ClF3N6O. The summed E-state index contributed by atoms with van der Waals surface area (Å²) >= 11 is 6.06. The number of carbonyl (C=O) groups excluding carboxylic acids is 1. The van der Waals surface area contributed by atoms with E-state index in [0.29, 0.717) is 32.7 Å². The SMILES string of the molecule is CCn1cc(Cl)c(C(=O)N2CCN(c3cc(C(F)(F)F)ncn3)CC2)n1. The van der Waals surface area contributed by atoms with Gasteiger partial charge in [-0.2, -0.15) is 18.3 Å². The van der Waals surface area contributed by atoms with Gasteiger partial charge in [0.1, 0.15) is 17.8 Å². The van der Waals surface area contributed by atoms with Crippen LogP contribution in [0.25, 0.3) is 0 Å². The summed E-state index contributed by atoms with van der Waals surface area (Å²) in [6, 6.07) is 0.914. The van der Waals surface area contributed by atoms with Crippen molar-refractivity contribution in [3.05, 3.63) is 35.0 Å². The molecule has 3 rings (SSSR count). The Hall–Kier alpha value is -2.36. The Kier molecular flexibility index (Phi) is 5.03. The van der Waals surface area contributed by atoms with E-state index in [1.54, 1.807) is 20.7 Å². The van der Waals surface area contributed by atoms with Gasteiger partial charge in [-0.3, -0.25) is 9.48 Å². The first-order chi connectivity index (χ1) is 12.3. The maximum Gasteiger partial charge on any atom is 0.433 e. The molecule has 11 heteroatoms. The molecule has 0 saturated carbocycles. The number of aryl methyl sites for hydroxylation is 1. The molecule has 0 bridgehead atoms. The number of halogens is 4. The Morgan fingerprint density at radius 3 is 2.50 bits per heavy atom. The van der Waals surface area contributed by atoms with Crippen molar-refractivity contribution in [2.75, 3.05) is 31.1 Å². The zero-order chi connectivity index (χ0) is 18.9. The molecule has 0 atom stereocenters. The first-order valence-corrected chi connectivity index (χ1v) is 8.33. The number of hydrogen-bond acceptors (Lipinski definition) is 5. The highest BCUT2D eigenvalue weighted by molar-refractivity contribution is 6.33. The molecule has 1 saturated heterocycles. The van der Waals surface area contributed by atoms with Gasteiger partial charge >= 0.3 is 6.18 Å². The molecule has 0 aromatic carbocycles. The first kappa shape index (κ1) is 18.4. The number of hydrogen-bond donors (Lipinski definition) is 0. The van der Waals surface area contributed by atoms with Crippen molar-refractivity contribution in [2.24, 2.45) is 0 Å². The summed E-state index contributed by atoms with van der Waals surface area (Å²) in [5.41, 5.74) is -0.804. The zero-order valence-electron chi connectivity index (χ0n) is 13.9. The Labute approximate surface area is 152 Å². The quantitative estimate of drug-likeness (QED) is 0.807. The number of piperazine rings is 1. The second-order valence-corrected chi connectivity index (χ2v) is 6.13. The Morgan fingerprint density at radius 2 is 1.92 bits per heavy atom. The fraction of sp³-hybridized carbons (Fsp3) is 0.467. The molecule has 7 nitrogen and oxygen atoms in total. The molecule has 3 heterocycles. The second-order valence-electron chi connectivity index (χ2n) is 5.72. The van der Waals surface area contributed by atoms with E-state index in [9.17, 15) is 18.0 Å². The summed E-state index contributed by atoms with van der Waals surface area (Å²) in [5.74, 6) is -0.103. The summed E-state index contributed by atoms with van der Waals surface area (Å²) < 4.78 is 39.9. The third-order valence-electron chi connectivity index (χ3n) is 4.08. The van der Waals surface area contributed by atoms with Crippen molar-refractivity contribution < 1.29 is 18.0 Å². The van der Waals surface area contributed by atoms with Gasteiger partial charge in [0.05, 0.1) is 5.02 Å². The number of alkyl halides is 3. The maximum atomic E-state index is 12.8. The van der Waals surface area contributed by atoms with Crippen LogP contribution < -0.4 is 4.90 Å². The van der Waals surface area contributed by atoms with Gasteiger partial charge in [-0.05, 0) is 6.92 Å². The largest absolute Gasteiger partial charge is 0.433 e. The van der Waals surface area contributed by atoms with E-state index in [1.165, 1.54) is 0 Å². The molecular weight excluding hydrogens is 373 g/mol. The van der Waals surface area contributed by atoms with Gasteiger partial charge in [-0.1, -0.05) is 11.6 Å². The van der Waals surface area contributed by atoms with Crippen molar-refractivity contribution >= 4 is 23.3 Å². The maximum absolute atomic E-state index is 12.8. The predicted octanol–water partition coefficient (Wildman–Crippen LogP) is 2.33. The second kappa shape index (κ2) is 7.10. The summed E-state index contributed by atoms with van der Waals surface area (Å²) in [5, 5.41) is 4.44. The lowest BCUT2D eigenvalue weighted by molar-refractivity contribution is -0.141. The zero-order valence-corrected chi connectivity index (χ0v) is 14.6. The Balaban J connectivity index is 1.67. The summed E-state index contributed by atoms with van der Waals surface area (Å²) in [4.78, 5) is 23.0. The Bertz CT molecular complexity index is 801. The van der Waals surface area contributed by atoms with E-state index in [-0.39, 0.29) is 22.4 Å². The van der Waals surface area contributed by atoms with Gasteiger partial charge in [0.2, 0.25) is 0 Å². The normalized spacial score (nSPS) is 15.4. The van der Waals surface area contributed by atoms with Gasteiger partial charge in [-0.15, -0.1) is 0 Å². The highest BCUT2D eigenvalue weighted by Gasteiger charge is 2.34. The van der Waals surface area contributed by atoms with E-state index in [1.807, 2.05) is 6.92 Å². The molecule has 1 fully saturated rings. The number of carbonyl (C=O) groups is 1. The Morgan fingerprint density at radius 1 is 1.23 bits per heavy atom. The average molecular weight is 389 g/mol. The van der Waals surface area contributed by atoms with E-state index in [0.717, 1.165) is 12.4 Å². The summed E-state index contributed by atoms with van der Waals surface area (Å²) in [6.07, 6.45) is -2.04. The highest BCUT2D eigenvalue weighted by Crippen LogP contribution is 2.29. The predicted molar refractivity (Wildman–Crippen MR) is 88.1 cm³/mol. The van der Waals surface area contributed by atoms with Gasteiger partial charge in [-0.25, -0.2) is 9.97 Å². The van der Waals surface area contributed by atoms with E-state index in [4.69, 9.17) is 11.6 Å². The van der Waals surface area contributed by atoms with Crippen LogP contribution in [0, 0.1) is 0 Å². The molecule has 0 aliphatic carbocycles. The smallest absolute Gasteiger partial charge is 0.353 e. The van der Waals surface area contributed by atoms with Crippen molar-refractivity contribution in [3.8, 4) is 0 Å². The summed E-state index contributed by atoms with van der Waals surface area (Å²) in [6.45, 7) is 3.85. The molecule has 2 aromatic heterocycles. The van der Waals surface area contributed by atoms with Crippen LogP contribution >= 0.6 is 11.6 Å². The van der Waals surface area contributed by atoms with Crippen molar-refractivity contribution in [2.45, 2.75) is 19.6 Å². The van der Waals surface area contributed by atoms with Crippen molar-refractivity contribution in [1.29, 1.82) is 0 Å². The van der Waals surface area contributed by atoms with Crippen molar-refractivity contribution in [3.63, 3.8) is 0 Å². The molecule has 1 aliphatic rings. The van der Waals surface area contributed by atoms with E-state index < -0.39 is 11.9 Å². The number of nitrogens with zero attached hydrogens (tertiary/aromatic N) is 6. The number of anilines is 1. The van der Waals surface area contributed by atoms with Crippen LogP contribution in [0.1, 0.15) is 23.1 Å². The van der Waals surface area contributed by atoms with E-state index in [2.05, 4.69) is 15.1 Å². The summed E-state index contributed by atoms with van der Waals surface area (Å²) in [7, 11) is 0. The van der Waals surface area contributed by atoms with Crippen LogP contribution in [-0.4, -0.2) is 56.7 Å². The van der Waals surface area contributed by atoms with Gasteiger partial charge < -0.3 is 9.80 Å². The molecule has 0 spiro atoms. The lowest BCUT2D eigenvalue weighted by Gasteiger charge is -2.35. The fourth-order valence-corrected chi connectivity index (χ4v) is 2.90. The monoisotopic (exact) mass is 388 g/mol. The molecule has 0 radical (unpaired) electrons. The highest BCUT2D eigenvalue weighted by atomic mass is 35.5. The molecule has 2 aromatic rings. The average Bonchev–Trinajstić information content (AvgIpc) is 3.01. The third-order valence-corrected chi connectivity index (χ3v) is 4.35. The molecule has 26 heavy (non-hydrogen) atoms. The van der Waals surface area contributed by atoms with Gasteiger partial charge in [0.25, 0.3) is 5.91 Å². The molecule has 0 N–H and O–H groups in total. The van der Waals surface area contributed by atoms with E-state index >= 15 is 0 Å². The standard InChI is InChI=1S/C15H16ClF3N6O/c1-2-25-8-10(16)13(22-25)14(26)24-5-3-23(4-6-24)12-7-11(15(17,18)19)20-9-21-12/h7-9H,2-6H2,1H3. The third kappa shape index (κ3) is 3.74.